The number of unbranched alkanes of at least 4 members (excludes halogenated alkanes) is 9. The number of ether oxygens (including phenoxy) is 4. The average molecular weight is 1490 g/mol. The number of phosphoric ester groups is 2. The molecule has 0 aromatic carbocycles. The van der Waals surface area contributed by atoms with Crippen molar-refractivity contribution in [2.75, 3.05) is 39.6 Å². The van der Waals surface area contributed by atoms with Gasteiger partial charge in [0.25, 0.3) is 0 Å². The maximum absolute atomic E-state index is 13.1. The molecule has 19 heteroatoms. The van der Waals surface area contributed by atoms with Gasteiger partial charge in [0.2, 0.25) is 0 Å². The van der Waals surface area contributed by atoms with Gasteiger partial charge in [0, 0.05) is 25.7 Å². The number of carbonyl (C=O) groups excluding carboxylic acids is 4. The van der Waals surface area contributed by atoms with Crippen LogP contribution in [0.2, 0.25) is 0 Å². The predicted molar refractivity (Wildman–Crippen MR) is 426 cm³/mol. The zero-order valence-corrected chi connectivity index (χ0v) is 65.4. The summed E-state index contributed by atoms with van der Waals surface area (Å²) in [6, 6.07) is 0. The Morgan fingerprint density at radius 2 is 0.529 bits per heavy atom. The third-order valence-electron chi connectivity index (χ3n) is 14.7. The van der Waals surface area contributed by atoms with Gasteiger partial charge in [0.1, 0.15) is 19.3 Å². The first kappa shape index (κ1) is 97.6. The third-order valence-corrected chi connectivity index (χ3v) is 16.6. The van der Waals surface area contributed by atoms with Gasteiger partial charge in [-0.3, -0.25) is 37.3 Å². The Morgan fingerprint density at radius 3 is 0.875 bits per heavy atom. The minimum Gasteiger partial charge on any atom is -0.462 e. The molecule has 0 amide bonds. The molecule has 3 N–H and O–H groups in total. The number of hydrogen-bond acceptors (Lipinski definition) is 15. The van der Waals surface area contributed by atoms with Crippen LogP contribution in [-0.4, -0.2) is 96.7 Å². The fourth-order valence-corrected chi connectivity index (χ4v) is 10.6. The van der Waals surface area contributed by atoms with Crippen molar-refractivity contribution in [3.8, 4) is 0 Å². The average Bonchev–Trinajstić information content (AvgIpc) is 0.931. The van der Waals surface area contributed by atoms with Crippen molar-refractivity contribution in [3.63, 3.8) is 0 Å². The van der Waals surface area contributed by atoms with Crippen LogP contribution >= 0.6 is 15.6 Å². The van der Waals surface area contributed by atoms with Crippen LogP contribution in [0.1, 0.15) is 246 Å². The van der Waals surface area contributed by atoms with Crippen molar-refractivity contribution < 1.29 is 80.2 Å². The van der Waals surface area contributed by atoms with E-state index in [-0.39, 0.29) is 25.7 Å². The molecule has 0 saturated carbocycles. The van der Waals surface area contributed by atoms with E-state index >= 15 is 0 Å². The van der Waals surface area contributed by atoms with Crippen molar-refractivity contribution in [1.82, 2.24) is 0 Å². The van der Waals surface area contributed by atoms with Crippen molar-refractivity contribution in [2.45, 2.75) is 264 Å². The molecule has 0 radical (unpaired) electrons. The number of aliphatic hydroxyl groups is 1. The number of esters is 4. The third kappa shape index (κ3) is 73.9. The summed E-state index contributed by atoms with van der Waals surface area (Å²) in [4.78, 5) is 72.8. The van der Waals surface area contributed by atoms with Crippen LogP contribution in [0, 0.1) is 0 Å². The molecule has 104 heavy (non-hydrogen) atoms. The van der Waals surface area contributed by atoms with Crippen molar-refractivity contribution >= 4 is 39.5 Å². The predicted octanol–water partition coefficient (Wildman–Crippen LogP) is 22.3. The SMILES string of the molecule is CC/C=C\C/C=C\C/C=C\C/C=C\C/C=C\C/C=C\CCC(=O)OCC(COP(=O)(O)OCC(O)COP(=O)(O)OCC(COC(=O)CCC/C=C\C/C=C\C/C=C\C/C=C\C/C=C\CC)OC(=O)CCC/C=C\C/C=C\C/C=C\C/C=C\C/C=C\CC)OC(=O)CCCCCCC/C=C\CCCC. The zero-order chi connectivity index (χ0) is 76.0. The molecule has 0 aliphatic carbocycles. The molecule has 5 unspecified atom stereocenters. The van der Waals surface area contributed by atoms with Crippen LogP contribution in [0.3, 0.4) is 0 Å². The molecule has 0 heterocycles. The number of phosphoric acid groups is 2. The summed E-state index contributed by atoms with van der Waals surface area (Å²) in [5, 5.41) is 10.6. The second-order valence-electron chi connectivity index (χ2n) is 24.4. The molecular formula is C85H132O17P2. The normalized spacial score (nSPS) is 15.0. The molecule has 0 fully saturated rings. The van der Waals surface area contributed by atoms with Gasteiger partial charge in [0.05, 0.1) is 26.4 Å². The highest BCUT2D eigenvalue weighted by atomic mass is 31.2. The molecule has 5 atom stereocenters. The Balaban J connectivity index is 5.53. The Kier molecular flexibility index (Phi) is 70.3. The molecule has 17 nitrogen and oxygen atoms in total. The molecule has 0 saturated heterocycles. The van der Waals surface area contributed by atoms with Gasteiger partial charge >= 0.3 is 39.5 Å². The monoisotopic (exact) mass is 1490 g/mol. The fourth-order valence-electron chi connectivity index (χ4n) is 9.00. The summed E-state index contributed by atoms with van der Waals surface area (Å²) in [5.41, 5.74) is 0. The molecular weight excluding hydrogens is 1350 g/mol. The highest BCUT2D eigenvalue weighted by Crippen LogP contribution is 2.45. The van der Waals surface area contributed by atoms with E-state index in [1.54, 1.807) is 0 Å². The molecule has 0 aromatic rings. The number of hydrogen-bond donors (Lipinski definition) is 3. The molecule has 0 aliphatic rings. The molecule has 0 rings (SSSR count). The topological polar surface area (TPSA) is 237 Å². The van der Waals surface area contributed by atoms with Crippen molar-refractivity contribution in [3.05, 3.63) is 207 Å². The van der Waals surface area contributed by atoms with E-state index in [0.29, 0.717) is 44.9 Å². The van der Waals surface area contributed by atoms with Crippen LogP contribution in [0.5, 0.6) is 0 Å². The summed E-state index contributed by atoms with van der Waals surface area (Å²) in [6.45, 7) is 4.21. The minimum absolute atomic E-state index is 0.00643. The summed E-state index contributed by atoms with van der Waals surface area (Å²) < 4.78 is 68.2. The first-order chi connectivity index (χ1) is 50.7. The summed E-state index contributed by atoms with van der Waals surface area (Å²) >= 11 is 0. The number of carbonyl (C=O) groups is 4. The first-order valence-corrected chi connectivity index (χ1v) is 41.3. The van der Waals surface area contributed by atoms with Crippen LogP contribution in [0.4, 0.5) is 0 Å². The highest BCUT2D eigenvalue weighted by molar-refractivity contribution is 7.47. The molecule has 0 aromatic heterocycles. The second-order valence-corrected chi connectivity index (χ2v) is 27.3. The van der Waals surface area contributed by atoms with Gasteiger partial charge in [-0.1, -0.05) is 266 Å². The highest BCUT2D eigenvalue weighted by Gasteiger charge is 2.30. The van der Waals surface area contributed by atoms with E-state index < -0.39 is 97.5 Å². The van der Waals surface area contributed by atoms with Crippen molar-refractivity contribution in [2.24, 2.45) is 0 Å². The lowest BCUT2D eigenvalue weighted by atomic mass is 10.1. The Bertz CT molecular complexity index is 2790. The minimum atomic E-state index is -5.02. The number of rotatable bonds is 69. The molecule has 0 spiro atoms. The van der Waals surface area contributed by atoms with Gasteiger partial charge in [-0.05, 0) is 161 Å². The van der Waals surface area contributed by atoms with E-state index in [1.807, 2.05) is 42.5 Å². The smallest absolute Gasteiger partial charge is 0.462 e. The summed E-state index contributed by atoms with van der Waals surface area (Å²) in [5.74, 6) is -2.45. The Hall–Kier alpha value is -6.36. The lowest BCUT2D eigenvalue weighted by Crippen LogP contribution is -2.30. The van der Waals surface area contributed by atoms with E-state index in [2.05, 4.69) is 192 Å². The van der Waals surface area contributed by atoms with Gasteiger partial charge in [-0.15, -0.1) is 0 Å². The van der Waals surface area contributed by atoms with Crippen LogP contribution < -0.4 is 0 Å². The Morgan fingerprint density at radius 1 is 0.279 bits per heavy atom. The van der Waals surface area contributed by atoms with Crippen LogP contribution in [-0.2, 0) is 65.4 Å². The molecule has 0 bridgehead atoms. The molecule has 584 valence electrons. The zero-order valence-electron chi connectivity index (χ0n) is 63.6. The van der Waals surface area contributed by atoms with Crippen LogP contribution in [0.15, 0.2) is 207 Å². The van der Waals surface area contributed by atoms with E-state index in [1.165, 1.54) is 6.42 Å². The van der Waals surface area contributed by atoms with E-state index in [9.17, 15) is 43.2 Å². The fraction of sp³-hybridized carbons (Fsp3) is 0.553. The summed E-state index contributed by atoms with van der Waals surface area (Å²) in [6.07, 6.45) is 92.9. The lowest BCUT2D eigenvalue weighted by molar-refractivity contribution is -0.161. The first-order valence-electron chi connectivity index (χ1n) is 38.3. The quantitative estimate of drug-likeness (QED) is 0.0169. The van der Waals surface area contributed by atoms with Gasteiger partial charge < -0.3 is 33.8 Å². The maximum Gasteiger partial charge on any atom is 0.472 e. The van der Waals surface area contributed by atoms with Crippen LogP contribution in [0.25, 0.3) is 0 Å². The molecule has 0 aliphatic heterocycles. The van der Waals surface area contributed by atoms with E-state index in [0.717, 1.165) is 141 Å². The maximum atomic E-state index is 13.1. The van der Waals surface area contributed by atoms with Gasteiger partial charge in [-0.2, -0.15) is 0 Å². The van der Waals surface area contributed by atoms with Crippen molar-refractivity contribution in [1.29, 1.82) is 0 Å². The van der Waals surface area contributed by atoms with Gasteiger partial charge in [0.15, 0.2) is 12.2 Å². The second kappa shape index (κ2) is 74.9. The summed E-state index contributed by atoms with van der Waals surface area (Å²) in [7, 11) is -10.0. The standard InChI is InChI=1S/C85H132O17P2/c1-5-9-13-17-21-25-29-32-35-38-39-42-44-47-51-54-58-62-66-70-82(87)95-75-80(101-84(89)71-67-63-59-55-49-28-24-20-16-12-8-4)77-99-103(91,92)97-73-79(86)74-98-104(93,94)100-78-81(102-85(90)72-68-64-60-56-52-48-45-41-37-34-31-27-23-19-15-11-7-3)76-96-83(88)69-65-61-57-53-50-46-43-40-36-33-30-26-22-18-14-10-6-2/h9-11,13-15,20-27,32-37,39,42-43,45-48,51,53,56-58,60,62,79-81,86H,5-8,12,16-19,28-31,38,40-41,44,49-50,52,54-55,59,61,63-78H2,1-4H3,(H,91,92)(H,93,94)/b13-9-,14-10-,15-11-,24-20-,25-21-,26-22-,27-23-,35-32-,36-33-,37-34-,42-39-,46-43-,48-45-,51-47-,57-53-,60-56-,62-58-. The lowest BCUT2D eigenvalue weighted by Gasteiger charge is -2.21. The number of aliphatic hydroxyl groups excluding tert-OH is 1. The Labute approximate surface area is 627 Å². The van der Waals surface area contributed by atoms with Gasteiger partial charge in [-0.25, -0.2) is 9.13 Å². The van der Waals surface area contributed by atoms with E-state index in [4.69, 9.17) is 37.0 Å². The largest absolute Gasteiger partial charge is 0.472 e. The number of allylic oxidation sites excluding steroid dienone is 34.